The molecule has 2 aromatic heterocycles. The van der Waals surface area contributed by atoms with Crippen molar-refractivity contribution in [1.82, 2.24) is 9.55 Å². The summed E-state index contributed by atoms with van der Waals surface area (Å²) in [5.41, 5.74) is 13.1. The molecule has 0 saturated heterocycles. The van der Waals surface area contributed by atoms with Gasteiger partial charge in [0.15, 0.2) is 0 Å². The van der Waals surface area contributed by atoms with Gasteiger partial charge in [0.05, 0.1) is 0 Å². The quantitative estimate of drug-likeness (QED) is 0.128. The second kappa shape index (κ2) is 18.6. The summed E-state index contributed by atoms with van der Waals surface area (Å²) in [7, 11) is 0. The van der Waals surface area contributed by atoms with Crippen LogP contribution in [0.5, 0.6) is 11.5 Å². The summed E-state index contributed by atoms with van der Waals surface area (Å²) < 4.78 is 8.99. The van der Waals surface area contributed by atoms with Gasteiger partial charge in [0, 0.05) is 71.9 Å². The number of nitrogens with zero attached hydrogens (tertiary/aromatic N) is 4. The van der Waals surface area contributed by atoms with Crippen molar-refractivity contribution in [2.75, 3.05) is 9.80 Å². The van der Waals surface area contributed by atoms with Gasteiger partial charge in [-0.05, 0) is 86.3 Å². The van der Waals surface area contributed by atoms with Crippen LogP contribution in [0.3, 0.4) is 0 Å². The van der Waals surface area contributed by atoms with Crippen molar-refractivity contribution in [2.24, 2.45) is 5.41 Å². The second-order valence-electron chi connectivity index (χ2n) is 21.6. The standard InChI is InChI=1S/C64H61N4O.Pt/c1-61(2,3)50-35-45(44-21-14-11-15-22-44)36-52(37-50)67-43-66(42-59(67)62(4,5)6)51-27-20-28-53(40-51)69-54-30-31-55-56-38-48(63(7,8)46-23-16-12-17-24-46)29-32-57(56)68(58(55)41-54)60-39-49(33-34-65-60)64(9,10)47-25-18-13-19-26-47;/h11-39,42-43H,1-10H3;/q-3;. The Morgan fingerprint density at radius 3 is 1.77 bits per heavy atom. The second-order valence-corrected chi connectivity index (χ2v) is 21.6. The third-order valence-corrected chi connectivity index (χ3v) is 14.0. The third-order valence-electron chi connectivity index (χ3n) is 14.0. The van der Waals surface area contributed by atoms with Crippen LogP contribution in [0.25, 0.3) is 38.8 Å². The summed E-state index contributed by atoms with van der Waals surface area (Å²) in [6.07, 6.45) is 4.16. The maximum Gasteiger partial charge on any atom is 0.135 e. The predicted molar refractivity (Wildman–Crippen MR) is 287 cm³/mol. The van der Waals surface area contributed by atoms with Gasteiger partial charge in [-0.3, -0.25) is 0 Å². The normalized spacial score (nSPS) is 13.4. The van der Waals surface area contributed by atoms with Crippen molar-refractivity contribution in [3.63, 3.8) is 0 Å². The zero-order chi connectivity index (χ0) is 48.3. The molecule has 5 nitrogen and oxygen atoms in total. The fourth-order valence-electron chi connectivity index (χ4n) is 9.63. The van der Waals surface area contributed by atoms with E-state index in [2.05, 4.69) is 260 Å². The Labute approximate surface area is 429 Å². The van der Waals surface area contributed by atoms with Crippen LogP contribution in [0.2, 0.25) is 0 Å². The van der Waals surface area contributed by atoms with E-state index in [1.165, 1.54) is 44.6 Å². The molecular weight excluding hydrogens is 1040 g/mol. The van der Waals surface area contributed by atoms with Crippen molar-refractivity contribution < 1.29 is 25.8 Å². The van der Waals surface area contributed by atoms with Gasteiger partial charge in [0.25, 0.3) is 0 Å². The van der Waals surface area contributed by atoms with Crippen molar-refractivity contribution in [2.45, 2.75) is 85.5 Å². The zero-order valence-electron chi connectivity index (χ0n) is 41.9. The number of allylic oxidation sites excluding steroid dienone is 1. The van der Waals surface area contributed by atoms with E-state index in [0.717, 1.165) is 39.0 Å². The molecule has 70 heavy (non-hydrogen) atoms. The number of ether oxygens (including phenoxy) is 1. The number of fused-ring (bicyclic) bond motifs is 3. The first-order chi connectivity index (χ1) is 32.9. The molecule has 10 rings (SSSR count). The van der Waals surface area contributed by atoms with Gasteiger partial charge in [-0.2, -0.15) is 12.1 Å². The molecule has 0 amide bonds. The molecule has 0 unspecified atom stereocenters. The SMILES string of the molecule is CC(C)(C)C1=CN(c2[c-]c(Oc3[c-]c4c(cc3)c3cc(C(C)(C)c5ccccc5)ccc3n4-c3cc(C(C)(C)c4ccccc4)ccn3)ccc2)[CH-]N1c1cc(-c2ccccc2)cc(C(C)(C)C)c1.[Pt]. The van der Waals surface area contributed by atoms with E-state index >= 15 is 0 Å². The molecule has 0 saturated carbocycles. The van der Waals surface area contributed by atoms with Crippen molar-refractivity contribution >= 4 is 33.2 Å². The minimum Gasteiger partial charge on any atom is -0.509 e. The molecule has 6 heteroatoms. The smallest absolute Gasteiger partial charge is 0.135 e. The van der Waals surface area contributed by atoms with Crippen molar-refractivity contribution in [3.05, 3.63) is 235 Å². The maximum atomic E-state index is 6.75. The van der Waals surface area contributed by atoms with E-state index in [9.17, 15) is 0 Å². The summed E-state index contributed by atoms with van der Waals surface area (Å²) >= 11 is 0. The number of rotatable bonds is 10. The fourth-order valence-corrected chi connectivity index (χ4v) is 9.63. The van der Waals surface area contributed by atoms with Gasteiger partial charge in [0.1, 0.15) is 5.82 Å². The molecule has 0 fully saturated rings. The van der Waals surface area contributed by atoms with Crippen LogP contribution in [0.15, 0.2) is 188 Å². The van der Waals surface area contributed by atoms with Crippen molar-refractivity contribution in [3.8, 4) is 28.4 Å². The van der Waals surface area contributed by atoms with Gasteiger partial charge in [-0.15, -0.1) is 48.1 Å². The van der Waals surface area contributed by atoms with Gasteiger partial charge in [-0.25, -0.2) is 4.98 Å². The topological polar surface area (TPSA) is 33.5 Å². The molecule has 0 bridgehead atoms. The Bertz CT molecular complexity index is 3360. The Kier molecular flexibility index (Phi) is 12.8. The fraction of sp³-hybridized carbons (Fsp3) is 0.219. The molecule has 9 aromatic rings. The maximum absolute atomic E-state index is 6.75. The third kappa shape index (κ3) is 9.25. The first-order valence-corrected chi connectivity index (χ1v) is 24.1. The van der Waals surface area contributed by atoms with E-state index in [4.69, 9.17) is 9.72 Å². The molecular formula is C64H61N4OPt-3. The summed E-state index contributed by atoms with van der Waals surface area (Å²) in [5.74, 6) is 2.02. The van der Waals surface area contributed by atoms with Gasteiger partial charge in [-0.1, -0.05) is 184 Å². The summed E-state index contributed by atoms with van der Waals surface area (Å²) in [5, 5.41) is 2.21. The molecule has 1 aliphatic heterocycles. The van der Waals surface area contributed by atoms with Crippen LogP contribution in [0.4, 0.5) is 11.4 Å². The summed E-state index contributed by atoms with van der Waals surface area (Å²) in [6, 6.07) is 67.9. The van der Waals surface area contributed by atoms with E-state index in [1.807, 2.05) is 24.4 Å². The largest absolute Gasteiger partial charge is 0.509 e. The first-order valence-electron chi connectivity index (χ1n) is 24.1. The number of anilines is 2. The molecule has 1 aliphatic rings. The molecule has 0 spiro atoms. The molecule has 3 heterocycles. The molecule has 0 atom stereocenters. The first kappa shape index (κ1) is 48.3. The molecule has 356 valence electrons. The average Bonchev–Trinajstić information content (AvgIpc) is 3.95. The Morgan fingerprint density at radius 1 is 0.500 bits per heavy atom. The van der Waals surface area contributed by atoms with Crippen LogP contribution in [-0.4, -0.2) is 9.55 Å². The van der Waals surface area contributed by atoms with Gasteiger partial charge in [0.2, 0.25) is 0 Å². The van der Waals surface area contributed by atoms with Crippen molar-refractivity contribution in [1.29, 1.82) is 0 Å². The van der Waals surface area contributed by atoms with Crippen LogP contribution >= 0.6 is 0 Å². The molecule has 0 N–H and O–H groups in total. The zero-order valence-corrected chi connectivity index (χ0v) is 44.2. The minimum absolute atomic E-state index is 0. The number of benzene rings is 7. The summed E-state index contributed by atoms with van der Waals surface area (Å²) in [6.45, 7) is 25.0. The van der Waals surface area contributed by atoms with E-state index in [0.29, 0.717) is 11.5 Å². The monoisotopic (exact) mass is 1100 g/mol. The molecule has 7 aromatic carbocycles. The molecule has 0 radical (unpaired) electrons. The van der Waals surface area contributed by atoms with Crippen LogP contribution in [0, 0.1) is 24.2 Å². The van der Waals surface area contributed by atoms with Gasteiger partial charge >= 0.3 is 0 Å². The molecule has 0 aliphatic carbocycles. The number of aromatic nitrogens is 2. The minimum atomic E-state index is -0.252. The summed E-state index contributed by atoms with van der Waals surface area (Å²) in [4.78, 5) is 9.54. The number of hydrogen-bond donors (Lipinski definition) is 0. The Balaban J connectivity index is 0.00000608. The number of pyridine rings is 1. The van der Waals surface area contributed by atoms with E-state index in [-0.39, 0.29) is 42.7 Å². The van der Waals surface area contributed by atoms with Crippen LogP contribution < -0.4 is 14.5 Å². The van der Waals surface area contributed by atoms with Crippen LogP contribution in [0.1, 0.15) is 97.1 Å². The van der Waals surface area contributed by atoms with Crippen LogP contribution in [-0.2, 0) is 37.3 Å². The van der Waals surface area contributed by atoms with E-state index in [1.54, 1.807) is 0 Å². The Hall–Kier alpha value is -6.68. The van der Waals surface area contributed by atoms with Gasteiger partial charge < -0.3 is 19.1 Å². The predicted octanol–water partition coefficient (Wildman–Crippen LogP) is 16.5. The van der Waals surface area contributed by atoms with E-state index < -0.39 is 0 Å². The average molecular weight is 1100 g/mol. The number of hydrogen-bond acceptors (Lipinski definition) is 4. The Morgan fingerprint density at radius 2 is 1.13 bits per heavy atom.